The van der Waals surface area contributed by atoms with Crippen LogP contribution in [0.3, 0.4) is 0 Å². The number of carbonyl (C=O) groups is 1. The van der Waals surface area contributed by atoms with Gasteiger partial charge in [0.05, 0.1) is 5.52 Å². The third kappa shape index (κ3) is 3.89. The van der Waals surface area contributed by atoms with E-state index in [4.69, 9.17) is 16.0 Å². The van der Waals surface area contributed by atoms with E-state index in [1.807, 2.05) is 41.3 Å². The number of halogens is 1. The van der Waals surface area contributed by atoms with Crippen LogP contribution in [0, 0.1) is 0 Å². The van der Waals surface area contributed by atoms with Crippen LogP contribution >= 0.6 is 11.6 Å². The molecule has 35 heavy (non-hydrogen) atoms. The van der Waals surface area contributed by atoms with Gasteiger partial charge in [-0.15, -0.1) is 0 Å². The summed E-state index contributed by atoms with van der Waals surface area (Å²) in [6, 6.07) is 14.9. The molecule has 0 atom stereocenters. The minimum absolute atomic E-state index is 0.00210. The molecule has 1 aliphatic rings. The molecule has 5 aromatic rings. The lowest BCUT2D eigenvalue weighted by molar-refractivity contribution is 0.0707. The number of hydrogen-bond donors (Lipinski definition) is 1. The Bertz CT molecular complexity index is 1640. The minimum atomic E-state index is -0.210. The number of aryl methyl sites for hydroxylation is 1. The van der Waals surface area contributed by atoms with E-state index in [1.165, 1.54) is 4.57 Å². The van der Waals surface area contributed by atoms with Crippen molar-refractivity contribution in [2.45, 2.75) is 18.8 Å². The summed E-state index contributed by atoms with van der Waals surface area (Å²) in [5.41, 5.74) is 4.88. The van der Waals surface area contributed by atoms with Gasteiger partial charge in [-0.3, -0.25) is 14.3 Å². The molecule has 0 unspecified atom stereocenters. The van der Waals surface area contributed by atoms with Crippen molar-refractivity contribution in [3.63, 3.8) is 0 Å². The number of oxazole rings is 1. The van der Waals surface area contributed by atoms with E-state index >= 15 is 0 Å². The second-order valence-corrected chi connectivity index (χ2v) is 9.33. The summed E-state index contributed by atoms with van der Waals surface area (Å²) >= 11 is 6.07. The van der Waals surface area contributed by atoms with E-state index < -0.39 is 0 Å². The van der Waals surface area contributed by atoms with Crippen LogP contribution in [0.5, 0.6) is 0 Å². The number of amides is 1. The molecular weight excluding hydrogens is 466 g/mol. The predicted molar refractivity (Wildman–Crippen MR) is 134 cm³/mol. The van der Waals surface area contributed by atoms with Crippen LogP contribution in [0.15, 0.2) is 63.9 Å². The molecule has 0 bridgehead atoms. The molecule has 1 aliphatic heterocycles. The van der Waals surface area contributed by atoms with Crippen molar-refractivity contribution in [1.82, 2.24) is 24.4 Å². The lowest BCUT2D eigenvalue weighted by Crippen LogP contribution is -2.38. The number of likely N-dealkylation sites (tertiary alicyclic amines) is 1. The Morgan fingerprint density at radius 2 is 1.94 bits per heavy atom. The highest BCUT2D eigenvalue weighted by Crippen LogP contribution is 2.31. The standard InChI is InChI=1S/C26H22ClN5O3/c1-31-21-12-18(14-28-23(21)30-26(31)34)16-3-2-4-17(11-16)25(33)32-9-7-15(8-10-32)24-29-20-13-19(27)5-6-22(20)35-24/h2-6,11-15H,7-10H2,1H3,(H,28,30,34). The Kier molecular flexibility index (Phi) is 5.18. The molecule has 8 nitrogen and oxygen atoms in total. The van der Waals surface area contributed by atoms with E-state index in [9.17, 15) is 9.59 Å². The molecule has 4 heterocycles. The number of aromatic nitrogens is 4. The van der Waals surface area contributed by atoms with Crippen LogP contribution in [0.4, 0.5) is 0 Å². The van der Waals surface area contributed by atoms with Gasteiger partial charge < -0.3 is 9.32 Å². The predicted octanol–water partition coefficient (Wildman–Crippen LogP) is 4.74. The van der Waals surface area contributed by atoms with Crippen molar-refractivity contribution in [1.29, 1.82) is 0 Å². The van der Waals surface area contributed by atoms with Gasteiger partial charge in [0, 0.05) is 48.4 Å². The second-order valence-electron chi connectivity index (χ2n) is 8.89. The Morgan fingerprint density at radius 1 is 1.11 bits per heavy atom. The van der Waals surface area contributed by atoms with Crippen molar-refractivity contribution in [3.05, 3.63) is 81.7 Å². The van der Waals surface area contributed by atoms with Crippen LogP contribution in [0.1, 0.15) is 35.0 Å². The van der Waals surface area contributed by atoms with Crippen molar-refractivity contribution >= 4 is 39.8 Å². The molecule has 0 spiro atoms. The number of pyridine rings is 1. The molecule has 1 amide bonds. The van der Waals surface area contributed by atoms with Gasteiger partial charge in [-0.05, 0) is 54.8 Å². The van der Waals surface area contributed by atoms with Crippen LogP contribution in [0.2, 0.25) is 5.02 Å². The molecule has 0 radical (unpaired) electrons. The summed E-state index contributed by atoms with van der Waals surface area (Å²) in [5.74, 6) is 0.874. The first-order valence-electron chi connectivity index (χ1n) is 11.5. The van der Waals surface area contributed by atoms with Crippen molar-refractivity contribution in [2.24, 2.45) is 7.05 Å². The highest BCUT2D eigenvalue weighted by molar-refractivity contribution is 6.31. The number of piperidine rings is 1. The Morgan fingerprint density at radius 3 is 2.77 bits per heavy atom. The van der Waals surface area contributed by atoms with Gasteiger partial charge >= 0.3 is 5.69 Å². The van der Waals surface area contributed by atoms with Gasteiger partial charge in [-0.1, -0.05) is 23.7 Å². The van der Waals surface area contributed by atoms with Gasteiger partial charge in [0.1, 0.15) is 5.52 Å². The zero-order valence-electron chi connectivity index (χ0n) is 19.0. The number of H-pyrrole nitrogens is 1. The molecule has 6 rings (SSSR count). The largest absolute Gasteiger partial charge is 0.440 e. The van der Waals surface area contributed by atoms with Gasteiger partial charge in [-0.25, -0.2) is 14.8 Å². The lowest BCUT2D eigenvalue weighted by atomic mass is 9.96. The number of benzene rings is 2. The highest BCUT2D eigenvalue weighted by atomic mass is 35.5. The molecule has 1 fully saturated rings. The van der Waals surface area contributed by atoms with Crippen LogP contribution in [-0.4, -0.2) is 43.4 Å². The Balaban J connectivity index is 1.19. The Labute approximate surface area is 205 Å². The van der Waals surface area contributed by atoms with E-state index in [0.717, 1.165) is 35.1 Å². The number of hydrogen-bond acceptors (Lipinski definition) is 5. The van der Waals surface area contributed by atoms with Crippen molar-refractivity contribution < 1.29 is 9.21 Å². The third-order valence-electron chi connectivity index (χ3n) is 6.70. The van der Waals surface area contributed by atoms with E-state index in [-0.39, 0.29) is 17.5 Å². The van der Waals surface area contributed by atoms with Gasteiger partial charge in [-0.2, -0.15) is 0 Å². The maximum atomic E-state index is 13.3. The summed E-state index contributed by atoms with van der Waals surface area (Å²) in [6.07, 6.45) is 3.28. The first-order chi connectivity index (χ1) is 17.0. The normalized spacial score (nSPS) is 14.7. The van der Waals surface area contributed by atoms with E-state index in [1.54, 1.807) is 25.4 Å². The SMILES string of the molecule is Cn1c(=O)[nH]c2ncc(-c3cccc(C(=O)N4CCC(c5nc6cc(Cl)ccc6o5)CC4)c3)cc21. The van der Waals surface area contributed by atoms with Gasteiger partial charge in [0.2, 0.25) is 0 Å². The second kappa shape index (κ2) is 8.39. The number of imidazole rings is 1. The van der Waals surface area contributed by atoms with Gasteiger partial charge in [0.25, 0.3) is 5.91 Å². The highest BCUT2D eigenvalue weighted by Gasteiger charge is 2.28. The molecule has 0 aliphatic carbocycles. The topological polar surface area (TPSA) is 97.0 Å². The number of carbonyl (C=O) groups excluding carboxylic acids is 1. The number of nitrogens with one attached hydrogen (secondary N) is 1. The smallest absolute Gasteiger partial charge is 0.327 e. The molecule has 9 heteroatoms. The average molecular weight is 488 g/mol. The average Bonchev–Trinajstić information content (AvgIpc) is 3.43. The van der Waals surface area contributed by atoms with Gasteiger partial charge in [0.15, 0.2) is 17.1 Å². The number of fused-ring (bicyclic) bond motifs is 2. The fraction of sp³-hybridized carbons (Fsp3) is 0.231. The minimum Gasteiger partial charge on any atom is -0.440 e. The Hall–Kier alpha value is -3.91. The van der Waals surface area contributed by atoms with Crippen molar-refractivity contribution in [3.8, 4) is 11.1 Å². The molecule has 1 saturated heterocycles. The first-order valence-corrected chi connectivity index (χ1v) is 11.8. The molecule has 1 N–H and O–H groups in total. The fourth-order valence-electron chi connectivity index (χ4n) is 4.69. The zero-order chi connectivity index (χ0) is 24.1. The summed E-state index contributed by atoms with van der Waals surface area (Å²) in [7, 11) is 1.70. The first kappa shape index (κ1) is 21.6. The van der Waals surface area contributed by atoms with E-state index in [2.05, 4.69) is 15.0 Å². The van der Waals surface area contributed by atoms with Crippen LogP contribution < -0.4 is 5.69 Å². The summed E-state index contributed by atoms with van der Waals surface area (Å²) in [4.78, 5) is 38.7. The van der Waals surface area contributed by atoms with Crippen molar-refractivity contribution in [2.75, 3.05) is 13.1 Å². The fourth-order valence-corrected chi connectivity index (χ4v) is 4.86. The maximum absolute atomic E-state index is 13.3. The quantitative estimate of drug-likeness (QED) is 0.396. The molecule has 2 aromatic carbocycles. The monoisotopic (exact) mass is 487 g/mol. The molecular formula is C26H22ClN5O3. The van der Waals surface area contributed by atoms with Crippen LogP contribution in [-0.2, 0) is 7.05 Å². The number of rotatable bonds is 3. The summed E-state index contributed by atoms with van der Waals surface area (Å²) < 4.78 is 7.47. The number of nitrogens with zero attached hydrogens (tertiary/aromatic N) is 4. The van der Waals surface area contributed by atoms with E-state index in [0.29, 0.717) is 40.7 Å². The summed E-state index contributed by atoms with van der Waals surface area (Å²) in [5, 5.41) is 0.632. The molecule has 176 valence electrons. The summed E-state index contributed by atoms with van der Waals surface area (Å²) in [6.45, 7) is 1.26. The molecule has 0 saturated carbocycles. The number of aromatic amines is 1. The van der Waals surface area contributed by atoms with Crippen LogP contribution in [0.25, 0.3) is 33.4 Å². The third-order valence-corrected chi connectivity index (χ3v) is 6.93. The lowest BCUT2D eigenvalue weighted by Gasteiger charge is -2.30. The molecule has 3 aromatic heterocycles. The maximum Gasteiger partial charge on any atom is 0.327 e. The zero-order valence-corrected chi connectivity index (χ0v) is 19.7.